The van der Waals surface area contributed by atoms with Gasteiger partial charge in [-0.15, -0.1) is 0 Å². The molecule has 1 amide bonds. The van der Waals surface area contributed by atoms with Gasteiger partial charge in [0.1, 0.15) is 11.4 Å². The first-order valence-electron chi connectivity index (χ1n) is 7.05. The monoisotopic (exact) mass is 297 g/mol. The van der Waals surface area contributed by atoms with Crippen molar-refractivity contribution in [1.29, 1.82) is 0 Å². The topological polar surface area (TPSA) is 42.2 Å². The Bertz CT molecular complexity index is 851. The van der Waals surface area contributed by atoms with E-state index in [1.807, 2.05) is 32.0 Å². The normalized spacial score (nSPS) is 10.9. The van der Waals surface area contributed by atoms with Gasteiger partial charge in [0.25, 0.3) is 0 Å². The summed E-state index contributed by atoms with van der Waals surface area (Å²) in [7, 11) is 0. The summed E-state index contributed by atoms with van der Waals surface area (Å²) in [6.07, 6.45) is 1.65. The van der Waals surface area contributed by atoms with Crippen LogP contribution in [-0.2, 0) is 11.2 Å². The predicted molar refractivity (Wildman–Crippen MR) is 84.4 cm³/mol. The van der Waals surface area contributed by atoms with E-state index in [1.165, 1.54) is 24.0 Å². The van der Waals surface area contributed by atoms with Crippen LogP contribution in [0.25, 0.3) is 11.0 Å². The number of nitrogens with one attached hydrogen (secondary N) is 1. The molecule has 22 heavy (non-hydrogen) atoms. The molecular formula is C18H16FNO2. The molecule has 0 bridgehead atoms. The molecule has 2 aromatic carbocycles. The van der Waals surface area contributed by atoms with Gasteiger partial charge in [0.2, 0.25) is 5.91 Å². The Morgan fingerprint density at radius 3 is 2.73 bits per heavy atom. The van der Waals surface area contributed by atoms with Crippen molar-refractivity contribution >= 4 is 22.6 Å². The number of carbonyl (C=O) groups is 1. The second kappa shape index (κ2) is 5.64. The van der Waals surface area contributed by atoms with Crippen LogP contribution in [0.4, 0.5) is 10.1 Å². The SMILES string of the molecule is Cc1ccc(NC(=O)Cc2coc3ccc(F)cc23)cc1C. The summed E-state index contributed by atoms with van der Waals surface area (Å²) in [5.41, 5.74) is 4.31. The Morgan fingerprint density at radius 2 is 1.95 bits per heavy atom. The van der Waals surface area contributed by atoms with Gasteiger partial charge in [-0.3, -0.25) is 4.79 Å². The van der Waals surface area contributed by atoms with E-state index in [9.17, 15) is 9.18 Å². The van der Waals surface area contributed by atoms with Gasteiger partial charge in [-0.05, 0) is 55.3 Å². The zero-order chi connectivity index (χ0) is 15.7. The first kappa shape index (κ1) is 14.3. The second-order valence-electron chi connectivity index (χ2n) is 5.43. The Kier molecular flexibility index (Phi) is 3.67. The van der Waals surface area contributed by atoms with Crippen LogP contribution in [0.2, 0.25) is 0 Å². The summed E-state index contributed by atoms with van der Waals surface area (Å²) in [5, 5.41) is 3.49. The fourth-order valence-electron chi connectivity index (χ4n) is 2.39. The number of fused-ring (bicyclic) bond motifs is 1. The van der Waals surface area contributed by atoms with Gasteiger partial charge in [-0.25, -0.2) is 4.39 Å². The van der Waals surface area contributed by atoms with Gasteiger partial charge in [-0.2, -0.15) is 0 Å². The fourth-order valence-corrected chi connectivity index (χ4v) is 2.39. The number of hydrogen-bond acceptors (Lipinski definition) is 2. The van der Waals surface area contributed by atoms with Gasteiger partial charge in [0, 0.05) is 16.6 Å². The molecule has 1 N–H and O–H groups in total. The van der Waals surface area contributed by atoms with E-state index >= 15 is 0 Å². The summed E-state index contributed by atoms with van der Waals surface area (Å²) < 4.78 is 18.7. The van der Waals surface area contributed by atoms with E-state index in [1.54, 1.807) is 6.07 Å². The molecule has 1 aromatic heterocycles. The highest BCUT2D eigenvalue weighted by Gasteiger charge is 2.11. The molecule has 0 saturated heterocycles. The van der Waals surface area contributed by atoms with Crippen LogP contribution >= 0.6 is 0 Å². The molecule has 3 rings (SSSR count). The molecule has 1 heterocycles. The highest BCUT2D eigenvalue weighted by molar-refractivity contribution is 5.95. The Morgan fingerprint density at radius 1 is 1.14 bits per heavy atom. The average molecular weight is 297 g/mol. The maximum absolute atomic E-state index is 13.3. The lowest BCUT2D eigenvalue weighted by Gasteiger charge is -2.07. The number of aryl methyl sites for hydroxylation is 2. The van der Waals surface area contributed by atoms with Crippen LogP contribution in [0.1, 0.15) is 16.7 Å². The molecule has 0 aliphatic heterocycles. The largest absolute Gasteiger partial charge is 0.464 e. The maximum atomic E-state index is 13.3. The number of carbonyl (C=O) groups excluding carboxylic acids is 1. The summed E-state index contributed by atoms with van der Waals surface area (Å²) >= 11 is 0. The van der Waals surface area contributed by atoms with E-state index < -0.39 is 0 Å². The van der Waals surface area contributed by atoms with Gasteiger partial charge >= 0.3 is 0 Å². The van der Waals surface area contributed by atoms with Gasteiger partial charge < -0.3 is 9.73 Å². The van der Waals surface area contributed by atoms with Crippen LogP contribution in [0.15, 0.2) is 47.1 Å². The van der Waals surface area contributed by atoms with Gasteiger partial charge in [0.15, 0.2) is 0 Å². The Hall–Kier alpha value is -2.62. The number of rotatable bonds is 3. The first-order chi connectivity index (χ1) is 10.5. The molecule has 4 heteroatoms. The first-order valence-corrected chi connectivity index (χ1v) is 7.05. The van der Waals surface area contributed by atoms with Crippen LogP contribution in [-0.4, -0.2) is 5.91 Å². The molecule has 0 radical (unpaired) electrons. The molecule has 0 aliphatic rings. The number of hydrogen-bond donors (Lipinski definition) is 1. The minimum atomic E-state index is -0.343. The molecular weight excluding hydrogens is 281 g/mol. The maximum Gasteiger partial charge on any atom is 0.228 e. The van der Waals surface area contributed by atoms with Gasteiger partial charge in [-0.1, -0.05) is 6.07 Å². The third-order valence-electron chi connectivity index (χ3n) is 3.76. The predicted octanol–water partition coefficient (Wildman–Crippen LogP) is 4.37. The van der Waals surface area contributed by atoms with E-state index in [-0.39, 0.29) is 18.1 Å². The molecule has 112 valence electrons. The van der Waals surface area contributed by atoms with Crippen LogP contribution in [0.5, 0.6) is 0 Å². The zero-order valence-corrected chi connectivity index (χ0v) is 12.4. The van der Waals surface area contributed by atoms with Crippen molar-refractivity contribution in [3.63, 3.8) is 0 Å². The van der Waals surface area contributed by atoms with Crippen molar-refractivity contribution in [2.24, 2.45) is 0 Å². The van der Waals surface area contributed by atoms with E-state index in [4.69, 9.17) is 4.42 Å². The van der Waals surface area contributed by atoms with Crippen LogP contribution < -0.4 is 5.32 Å². The van der Waals surface area contributed by atoms with Crippen molar-refractivity contribution in [2.75, 3.05) is 5.32 Å². The van der Waals surface area contributed by atoms with E-state index in [0.717, 1.165) is 11.3 Å². The number of amides is 1. The van der Waals surface area contributed by atoms with E-state index in [2.05, 4.69) is 5.32 Å². The minimum Gasteiger partial charge on any atom is -0.464 e. The van der Waals surface area contributed by atoms with E-state index in [0.29, 0.717) is 16.5 Å². The molecule has 3 aromatic rings. The lowest BCUT2D eigenvalue weighted by molar-refractivity contribution is -0.115. The highest BCUT2D eigenvalue weighted by Crippen LogP contribution is 2.23. The number of anilines is 1. The molecule has 0 spiro atoms. The van der Waals surface area contributed by atoms with Crippen LogP contribution in [0.3, 0.4) is 0 Å². The summed E-state index contributed by atoms with van der Waals surface area (Å²) in [6, 6.07) is 10.1. The van der Waals surface area contributed by atoms with Gasteiger partial charge in [0.05, 0.1) is 12.7 Å². The van der Waals surface area contributed by atoms with Crippen molar-refractivity contribution in [1.82, 2.24) is 0 Å². The number of halogens is 1. The van der Waals surface area contributed by atoms with Crippen LogP contribution in [0, 0.1) is 19.7 Å². The third-order valence-corrected chi connectivity index (χ3v) is 3.76. The lowest BCUT2D eigenvalue weighted by atomic mass is 10.1. The smallest absolute Gasteiger partial charge is 0.228 e. The number of furan rings is 1. The Labute approximate surface area is 127 Å². The molecule has 0 aliphatic carbocycles. The third kappa shape index (κ3) is 2.86. The number of benzene rings is 2. The molecule has 3 nitrogen and oxygen atoms in total. The lowest BCUT2D eigenvalue weighted by Crippen LogP contribution is -2.14. The highest BCUT2D eigenvalue weighted by atomic mass is 19.1. The second-order valence-corrected chi connectivity index (χ2v) is 5.43. The van der Waals surface area contributed by atoms with Crippen molar-refractivity contribution < 1.29 is 13.6 Å². The summed E-state index contributed by atoms with van der Waals surface area (Å²) in [4.78, 5) is 12.2. The molecule has 0 unspecified atom stereocenters. The van der Waals surface area contributed by atoms with Crippen molar-refractivity contribution in [2.45, 2.75) is 20.3 Å². The Balaban J connectivity index is 1.78. The van der Waals surface area contributed by atoms with Crippen molar-refractivity contribution in [3.05, 3.63) is 65.2 Å². The summed E-state index contributed by atoms with van der Waals surface area (Å²) in [6.45, 7) is 4.02. The molecule has 0 fully saturated rings. The molecule has 0 saturated carbocycles. The standard InChI is InChI=1S/C18H16FNO2/c1-11-3-5-15(7-12(11)2)20-18(21)8-13-10-22-17-6-4-14(19)9-16(13)17/h3-7,9-10H,8H2,1-2H3,(H,20,21). The average Bonchev–Trinajstić information content (AvgIpc) is 2.85. The van der Waals surface area contributed by atoms with Crippen molar-refractivity contribution in [3.8, 4) is 0 Å². The quantitative estimate of drug-likeness (QED) is 0.780. The fraction of sp³-hybridized carbons (Fsp3) is 0.167. The molecule has 0 atom stereocenters. The zero-order valence-electron chi connectivity index (χ0n) is 12.4. The minimum absolute atomic E-state index is 0.142. The summed E-state index contributed by atoms with van der Waals surface area (Å²) in [5.74, 6) is -0.500.